The number of hydrogen-bond donors (Lipinski definition) is 2. The Bertz CT molecular complexity index is 432. The van der Waals surface area contributed by atoms with Crippen LogP contribution in [0, 0.1) is 0 Å². The molecule has 112 valence electrons. The van der Waals surface area contributed by atoms with Gasteiger partial charge in [-0.3, -0.25) is 4.79 Å². The lowest BCUT2D eigenvalue weighted by Gasteiger charge is -2.15. The predicted octanol–water partition coefficient (Wildman–Crippen LogP) is 3.10. The Morgan fingerprint density at radius 3 is 2.75 bits per heavy atom. The molecule has 0 aromatic heterocycles. The lowest BCUT2D eigenvalue weighted by atomic mass is 10.0. The van der Waals surface area contributed by atoms with Crippen LogP contribution < -0.4 is 15.8 Å². The van der Waals surface area contributed by atoms with Crippen LogP contribution in [0.4, 0.5) is 5.69 Å². The van der Waals surface area contributed by atoms with Gasteiger partial charge in [0, 0.05) is 13.0 Å². The zero-order valence-electron chi connectivity index (χ0n) is 12.7. The fraction of sp³-hybridized carbons (Fsp3) is 0.562. The lowest BCUT2D eigenvalue weighted by Crippen LogP contribution is -2.22. The number of carbonyl (C=O) groups is 1. The average molecular weight is 278 g/mol. The van der Waals surface area contributed by atoms with E-state index < -0.39 is 0 Å². The lowest BCUT2D eigenvalue weighted by molar-refractivity contribution is -0.114. The van der Waals surface area contributed by atoms with Crippen LogP contribution in [0.2, 0.25) is 0 Å². The summed E-state index contributed by atoms with van der Waals surface area (Å²) in [6, 6.07) is 6.03. The fourth-order valence-electron chi connectivity index (χ4n) is 2.13. The minimum atomic E-state index is -0.0987. The van der Waals surface area contributed by atoms with Gasteiger partial charge in [-0.25, -0.2) is 0 Å². The first-order valence-electron chi connectivity index (χ1n) is 7.35. The first kappa shape index (κ1) is 16.5. The zero-order chi connectivity index (χ0) is 15.0. The number of rotatable bonds is 8. The molecule has 1 aromatic rings. The third-order valence-electron chi connectivity index (χ3n) is 3.08. The minimum Gasteiger partial charge on any atom is -0.492 e. The van der Waals surface area contributed by atoms with Crippen LogP contribution in [-0.4, -0.2) is 18.6 Å². The van der Waals surface area contributed by atoms with E-state index in [1.54, 1.807) is 0 Å². The standard InChI is InChI=1S/C16H26N2O2/c1-4-6-7-14(17)10-13-8-9-15(18-12(3)19)16(11-13)20-5-2/h8-9,11,14H,4-7,10,17H2,1-3H3,(H,18,19). The van der Waals surface area contributed by atoms with Crippen molar-refractivity contribution in [3.05, 3.63) is 23.8 Å². The fourth-order valence-corrected chi connectivity index (χ4v) is 2.13. The van der Waals surface area contributed by atoms with E-state index in [9.17, 15) is 4.79 Å². The van der Waals surface area contributed by atoms with Crippen molar-refractivity contribution in [1.29, 1.82) is 0 Å². The molecule has 1 atom stereocenters. The number of anilines is 1. The molecule has 4 heteroatoms. The third-order valence-corrected chi connectivity index (χ3v) is 3.08. The first-order chi connectivity index (χ1) is 9.56. The van der Waals surface area contributed by atoms with Crippen LogP contribution in [0.3, 0.4) is 0 Å². The SMILES string of the molecule is CCCCC(N)Cc1ccc(NC(C)=O)c(OCC)c1. The smallest absolute Gasteiger partial charge is 0.221 e. The van der Waals surface area contributed by atoms with Gasteiger partial charge in [0.1, 0.15) is 5.75 Å². The third kappa shape index (κ3) is 5.61. The number of nitrogens with two attached hydrogens (primary N) is 1. The highest BCUT2D eigenvalue weighted by Crippen LogP contribution is 2.26. The van der Waals surface area contributed by atoms with Gasteiger partial charge in [0.05, 0.1) is 12.3 Å². The molecule has 0 aliphatic carbocycles. The number of hydrogen-bond acceptors (Lipinski definition) is 3. The van der Waals surface area contributed by atoms with E-state index in [0.717, 1.165) is 24.8 Å². The quantitative estimate of drug-likeness (QED) is 0.768. The van der Waals surface area contributed by atoms with Gasteiger partial charge in [0.25, 0.3) is 0 Å². The van der Waals surface area contributed by atoms with Crippen molar-refractivity contribution in [2.75, 3.05) is 11.9 Å². The van der Waals surface area contributed by atoms with Crippen molar-refractivity contribution < 1.29 is 9.53 Å². The summed E-state index contributed by atoms with van der Waals surface area (Å²) >= 11 is 0. The van der Waals surface area contributed by atoms with E-state index in [-0.39, 0.29) is 11.9 Å². The second-order valence-electron chi connectivity index (χ2n) is 5.05. The normalized spacial score (nSPS) is 12.0. The van der Waals surface area contributed by atoms with Crippen LogP contribution in [0.15, 0.2) is 18.2 Å². The van der Waals surface area contributed by atoms with Crippen molar-refractivity contribution in [3.8, 4) is 5.75 Å². The number of unbranched alkanes of at least 4 members (excludes halogenated alkanes) is 1. The summed E-state index contributed by atoms with van der Waals surface area (Å²) in [7, 11) is 0. The summed E-state index contributed by atoms with van der Waals surface area (Å²) in [4.78, 5) is 11.2. The molecule has 0 bridgehead atoms. The van der Waals surface area contributed by atoms with Crippen molar-refractivity contribution in [2.24, 2.45) is 5.73 Å². The Morgan fingerprint density at radius 1 is 1.40 bits per heavy atom. The average Bonchev–Trinajstić information content (AvgIpc) is 2.39. The van der Waals surface area contributed by atoms with Crippen LogP contribution in [0.1, 0.15) is 45.6 Å². The van der Waals surface area contributed by atoms with Gasteiger partial charge in [0.15, 0.2) is 0 Å². The van der Waals surface area contributed by atoms with Gasteiger partial charge in [-0.05, 0) is 37.5 Å². The van der Waals surface area contributed by atoms with E-state index in [2.05, 4.69) is 12.2 Å². The van der Waals surface area contributed by atoms with Crippen LogP contribution in [0.25, 0.3) is 0 Å². The molecule has 1 rings (SSSR count). The molecule has 0 fully saturated rings. The Hall–Kier alpha value is -1.55. The van der Waals surface area contributed by atoms with E-state index in [0.29, 0.717) is 18.0 Å². The molecule has 3 N–H and O–H groups in total. The van der Waals surface area contributed by atoms with Gasteiger partial charge >= 0.3 is 0 Å². The summed E-state index contributed by atoms with van der Waals surface area (Å²) in [5, 5.41) is 2.78. The summed E-state index contributed by atoms with van der Waals surface area (Å²) in [5.41, 5.74) is 7.98. The number of amides is 1. The second kappa shape index (κ2) is 8.59. The molecule has 0 aliphatic heterocycles. The van der Waals surface area contributed by atoms with Gasteiger partial charge < -0.3 is 15.8 Å². The van der Waals surface area contributed by atoms with Crippen LogP contribution in [0.5, 0.6) is 5.75 Å². The monoisotopic (exact) mass is 278 g/mol. The topological polar surface area (TPSA) is 64.3 Å². The van der Waals surface area contributed by atoms with E-state index in [1.165, 1.54) is 13.3 Å². The van der Waals surface area contributed by atoms with Gasteiger partial charge in [-0.1, -0.05) is 25.8 Å². The summed E-state index contributed by atoms with van der Waals surface area (Å²) in [6.45, 7) is 6.15. The maximum absolute atomic E-state index is 11.2. The predicted molar refractivity (Wildman–Crippen MR) is 83.1 cm³/mol. The van der Waals surface area contributed by atoms with E-state index in [1.807, 2.05) is 25.1 Å². The molecule has 0 aliphatic rings. The van der Waals surface area contributed by atoms with Gasteiger partial charge in [-0.2, -0.15) is 0 Å². The Balaban J connectivity index is 2.78. The molecule has 0 heterocycles. The van der Waals surface area contributed by atoms with Crippen molar-refractivity contribution in [1.82, 2.24) is 0 Å². The molecule has 0 radical (unpaired) electrons. The number of benzene rings is 1. The maximum Gasteiger partial charge on any atom is 0.221 e. The summed E-state index contributed by atoms with van der Waals surface area (Å²) in [6.07, 6.45) is 4.19. The van der Waals surface area contributed by atoms with Crippen molar-refractivity contribution in [3.63, 3.8) is 0 Å². The highest BCUT2D eigenvalue weighted by molar-refractivity contribution is 5.90. The highest BCUT2D eigenvalue weighted by atomic mass is 16.5. The van der Waals surface area contributed by atoms with Crippen LogP contribution >= 0.6 is 0 Å². The van der Waals surface area contributed by atoms with E-state index >= 15 is 0 Å². The molecule has 1 unspecified atom stereocenters. The van der Waals surface area contributed by atoms with E-state index in [4.69, 9.17) is 10.5 Å². The second-order valence-corrected chi connectivity index (χ2v) is 5.05. The molecular formula is C16H26N2O2. The Labute approximate surface area is 121 Å². The minimum absolute atomic E-state index is 0.0987. The summed E-state index contributed by atoms with van der Waals surface area (Å²) in [5.74, 6) is 0.612. The molecule has 1 aromatic carbocycles. The maximum atomic E-state index is 11.2. The van der Waals surface area contributed by atoms with Crippen molar-refractivity contribution >= 4 is 11.6 Å². The summed E-state index contributed by atoms with van der Waals surface area (Å²) < 4.78 is 5.59. The highest BCUT2D eigenvalue weighted by Gasteiger charge is 2.09. The Kier molecular flexibility index (Phi) is 7.09. The zero-order valence-corrected chi connectivity index (χ0v) is 12.7. The number of nitrogens with one attached hydrogen (secondary N) is 1. The first-order valence-corrected chi connectivity index (χ1v) is 7.35. The number of ether oxygens (including phenoxy) is 1. The largest absolute Gasteiger partial charge is 0.492 e. The molecule has 0 saturated carbocycles. The Morgan fingerprint density at radius 2 is 2.15 bits per heavy atom. The molecule has 4 nitrogen and oxygen atoms in total. The van der Waals surface area contributed by atoms with Crippen LogP contribution in [-0.2, 0) is 11.2 Å². The molecule has 0 spiro atoms. The molecule has 0 saturated heterocycles. The molecule has 1 amide bonds. The number of carbonyl (C=O) groups excluding carboxylic acids is 1. The van der Waals surface area contributed by atoms with Gasteiger partial charge in [0.2, 0.25) is 5.91 Å². The van der Waals surface area contributed by atoms with Crippen molar-refractivity contribution in [2.45, 2.75) is 52.5 Å². The molecular weight excluding hydrogens is 252 g/mol. The molecule has 20 heavy (non-hydrogen) atoms. The van der Waals surface area contributed by atoms with Gasteiger partial charge in [-0.15, -0.1) is 0 Å².